The fraction of sp³-hybridized carbons (Fsp3) is 0.875. The van der Waals surface area contributed by atoms with Gasteiger partial charge >= 0.3 is 0 Å². The second kappa shape index (κ2) is 7.23. The average Bonchev–Trinajstić information content (AvgIpc) is 2.45. The van der Waals surface area contributed by atoms with Gasteiger partial charge in [0, 0.05) is 6.54 Å². The third kappa shape index (κ3) is 3.74. The molecule has 21 heavy (non-hydrogen) atoms. The van der Waals surface area contributed by atoms with Crippen LogP contribution in [0.3, 0.4) is 0 Å². The first-order chi connectivity index (χ1) is 10.0. The summed E-state index contributed by atoms with van der Waals surface area (Å²) in [4.78, 5) is 26.6. The van der Waals surface area contributed by atoms with Gasteiger partial charge < -0.3 is 10.2 Å². The van der Waals surface area contributed by atoms with Crippen molar-refractivity contribution in [3.05, 3.63) is 0 Å². The minimum absolute atomic E-state index is 0.0437. The molecular weight excluding hydrogens is 271 g/mol. The van der Waals surface area contributed by atoms with Gasteiger partial charge in [0.2, 0.25) is 11.8 Å². The van der Waals surface area contributed by atoms with Gasteiger partial charge in [-0.25, -0.2) is 4.39 Å². The maximum absolute atomic E-state index is 12.9. The van der Waals surface area contributed by atoms with E-state index in [2.05, 4.69) is 5.32 Å². The van der Waals surface area contributed by atoms with Gasteiger partial charge in [0.15, 0.2) is 0 Å². The molecule has 2 atom stereocenters. The number of nitrogens with one attached hydrogen (secondary N) is 1. The van der Waals surface area contributed by atoms with Crippen molar-refractivity contribution in [2.75, 3.05) is 13.2 Å². The maximum Gasteiger partial charge on any atom is 0.245 e. The Morgan fingerprint density at radius 2 is 1.90 bits per heavy atom. The Balaban J connectivity index is 2.15. The van der Waals surface area contributed by atoms with Crippen molar-refractivity contribution in [1.82, 2.24) is 10.2 Å². The second-order valence-electron chi connectivity index (χ2n) is 6.75. The average molecular weight is 298 g/mol. The van der Waals surface area contributed by atoms with E-state index >= 15 is 0 Å². The number of carbonyl (C=O) groups is 2. The molecule has 0 aromatic rings. The summed E-state index contributed by atoms with van der Waals surface area (Å²) in [5.41, 5.74) is 0. The summed E-state index contributed by atoms with van der Waals surface area (Å²) in [6, 6.07) is -0.944. The molecule has 1 aliphatic heterocycles. The Bertz CT molecular complexity index is 380. The molecular formula is C16H27FN2O2. The van der Waals surface area contributed by atoms with Gasteiger partial charge in [0.05, 0.1) is 0 Å². The fourth-order valence-corrected chi connectivity index (χ4v) is 3.69. The molecule has 2 aliphatic rings. The van der Waals surface area contributed by atoms with Crippen LogP contribution in [0.5, 0.6) is 0 Å². The molecule has 120 valence electrons. The Morgan fingerprint density at radius 1 is 1.24 bits per heavy atom. The van der Waals surface area contributed by atoms with Gasteiger partial charge in [-0.1, -0.05) is 33.1 Å². The van der Waals surface area contributed by atoms with Crippen molar-refractivity contribution < 1.29 is 14.0 Å². The van der Waals surface area contributed by atoms with Gasteiger partial charge in [0.25, 0.3) is 0 Å². The number of amides is 2. The van der Waals surface area contributed by atoms with Crippen molar-refractivity contribution >= 4 is 11.8 Å². The van der Waals surface area contributed by atoms with Gasteiger partial charge in [0.1, 0.15) is 18.8 Å². The summed E-state index contributed by atoms with van der Waals surface area (Å²) in [7, 11) is 0. The lowest BCUT2D eigenvalue weighted by molar-refractivity contribution is -0.152. The number of nitrogens with zero attached hydrogens (tertiary/aromatic N) is 1. The van der Waals surface area contributed by atoms with E-state index in [1.165, 1.54) is 11.3 Å². The molecule has 5 heteroatoms. The Hall–Kier alpha value is -1.13. The quantitative estimate of drug-likeness (QED) is 0.846. The first-order valence-corrected chi connectivity index (χ1v) is 8.21. The van der Waals surface area contributed by atoms with Crippen LogP contribution in [-0.4, -0.2) is 42.0 Å². The first kappa shape index (κ1) is 16.2. The van der Waals surface area contributed by atoms with Crippen LogP contribution in [0.15, 0.2) is 0 Å². The highest BCUT2D eigenvalue weighted by Crippen LogP contribution is 2.31. The summed E-state index contributed by atoms with van der Waals surface area (Å²) in [6.45, 7) is 3.50. The molecule has 1 aliphatic carbocycles. The van der Waals surface area contributed by atoms with E-state index in [0.717, 1.165) is 25.7 Å². The van der Waals surface area contributed by atoms with Gasteiger partial charge in [-0.15, -0.1) is 0 Å². The molecule has 1 saturated carbocycles. The van der Waals surface area contributed by atoms with Gasteiger partial charge in [-0.2, -0.15) is 0 Å². The van der Waals surface area contributed by atoms with Crippen LogP contribution in [-0.2, 0) is 9.59 Å². The van der Waals surface area contributed by atoms with Crippen molar-refractivity contribution in [1.29, 1.82) is 0 Å². The molecule has 0 bridgehead atoms. The Labute approximate surface area is 126 Å². The highest BCUT2D eigenvalue weighted by atomic mass is 19.1. The van der Waals surface area contributed by atoms with E-state index in [-0.39, 0.29) is 24.3 Å². The van der Waals surface area contributed by atoms with E-state index in [0.29, 0.717) is 12.3 Å². The normalized spacial score (nSPS) is 28.1. The van der Waals surface area contributed by atoms with Crippen LogP contribution in [0, 0.1) is 11.8 Å². The van der Waals surface area contributed by atoms with Crippen LogP contribution in [0.2, 0.25) is 0 Å². The van der Waals surface area contributed by atoms with E-state index in [1.54, 1.807) is 0 Å². The topological polar surface area (TPSA) is 49.4 Å². The first-order valence-electron chi connectivity index (χ1n) is 8.21. The van der Waals surface area contributed by atoms with E-state index in [1.807, 2.05) is 13.8 Å². The molecule has 0 spiro atoms. The van der Waals surface area contributed by atoms with Crippen LogP contribution >= 0.6 is 0 Å². The molecule has 0 radical (unpaired) electrons. The van der Waals surface area contributed by atoms with Crippen molar-refractivity contribution in [2.24, 2.45) is 11.8 Å². The Kier molecular flexibility index (Phi) is 5.59. The standard InChI is InChI=1S/C16H27FN2O2/c1-11(2)10-13-16(21)19(9-8-17)14(15(20)18-13)12-6-4-3-5-7-12/h11-14H,3-10H2,1-2H3,(H,18,20). The molecule has 2 amide bonds. The van der Waals surface area contributed by atoms with E-state index in [9.17, 15) is 14.0 Å². The monoisotopic (exact) mass is 298 g/mol. The van der Waals surface area contributed by atoms with Crippen LogP contribution < -0.4 is 5.32 Å². The van der Waals surface area contributed by atoms with Crippen molar-refractivity contribution in [2.45, 2.75) is 64.5 Å². The Morgan fingerprint density at radius 3 is 2.48 bits per heavy atom. The zero-order valence-electron chi connectivity index (χ0n) is 13.1. The third-order valence-electron chi connectivity index (χ3n) is 4.63. The molecule has 0 aromatic heterocycles. The number of hydrogen-bond acceptors (Lipinski definition) is 2. The smallest absolute Gasteiger partial charge is 0.245 e. The lowest BCUT2D eigenvalue weighted by atomic mass is 9.81. The van der Waals surface area contributed by atoms with E-state index in [4.69, 9.17) is 0 Å². The number of rotatable bonds is 5. The summed E-state index contributed by atoms with van der Waals surface area (Å²) < 4.78 is 12.9. The minimum Gasteiger partial charge on any atom is -0.342 e. The lowest BCUT2D eigenvalue weighted by Crippen LogP contribution is -2.66. The summed E-state index contributed by atoms with van der Waals surface area (Å²) in [5.74, 6) is 0.323. The van der Waals surface area contributed by atoms with Gasteiger partial charge in [-0.05, 0) is 31.1 Å². The summed E-state index contributed by atoms with van der Waals surface area (Å²) >= 11 is 0. The predicted molar refractivity (Wildman–Crippen MR) is 79.4 cm³/mol. The molecule has 2 rings (SSSR count). The molecule has 2 unspecified atom stereocenters. The van der Waals surface area contributed by atoms with Crippen LogP contribution in [0.4, 0.5) is 4.39 Å². The highest BCUT2D eigenvalue weighted by Gasteiger charge is 2.44. The fourth-order valence-electron chi connectivity index (χ4n) is 3.69. The van der Waals surface area contributed by atoms with Crippen LogP contribution in [0.1, 0.15) is 52.4 Å². The minimum atomic E-state index is -0.587. The molecule has 1 heterocycles. The third-order valence-corrected chi connectivity index (χ3v) is 4.63. The number of halogens is 1. The molecule has 2 fully saturated rings. The number of alkyl halides is 1. The highest BCUT2D eigenvalue weighted by molar-refractivity contribution is 5.97. The number of hydrogen-bond donors (Lipinski definition) is 1. The molecule has 0 aromatic carbocycles. The predicted octanol–water partition coefficient (Wildman–Crippen LogP) is 2.28. The number of piperazine rings is 1. The van der Waals surface area contributed by atoms with Crippen molar-refractivity contribution in [3.63, 3.8) is 0 Å². The SMILES string of the molecule is CC(C)CC1NC(=O)C(C2CCCCC2)N(CCF)C1=O. The molecule has 4 nitrogen and oxygen atoms in total. The zero-order valence-corrected chi connectivity index (χ0v) is 13.1. The number of carbonyl (C=O) groups excluding carboxylic acids is 2. The molecule has 1 N–H and O–H groups in total. The van der Waals surface area contributed by atoms with Crippen molar-refractivity contribution in [3.8, 4) is 0 Å². The second-order valence-corrected chi connectivity index (χ2v) is 6.75. The lowest BCUT2D eigenvalue weighted by Gasteiger charge is -2.43. The maximum atomic E-state index is 12.9. The van der Waals surface area contributed by atoms with Gasteiger partial charge in [-0.3, -0.25) is 9.59 Å². The van der Waals surface area contributed by atoms with Crippen LogP contribution in [0.25, 0.3) is 0 Å². The molecule has 1 saturated heterocycles. The summed E-state index contributed by atoms with van der Waals surface area (Å²) in [6.07, 6.45) is 5.93. The van der Waals surface area contributed by atoms with E-state index < -0.39 is 18.8 Å². The zero-order chi connectivity index (χ0) is 15.4. The largest absolute Gasteiger partial charge is 0.342 e. The summed E-state index contributed by atoms with van der Waals surface area (Å²) in [5, 5.41) is 2.88.